The first kappa shape index (κ1) is 20.0. The number of anilines is 1. The Bertz CT molecular complexity index is 964. The van der Waals surface area contributed by atoms with Gasteiger partial charge in [0, 0.05) is 46.3 Å². The summed E-state index contributed by atoms with van der Waals surface area (Å²) in [5.41, 5.74) is 3.41. The summed E-state index contributed by atoms with van der Waals surface area (Å²) in [5, 5.41) is 7.54. The summed E-state index contributed by atoms with van der Waals surface area (Å²) in [7, 11) is 0. The number of carbonyl (C=O) groups is 2. The van der Waals surface area contributed by atoms with Crippen LogP contribution in [0.2, 0.25) is 5.02 Å². The summed E-state index contributed by atoms with van der Waals surface area (Å²) in [5.74, 6) is -0.139. The predicted octanol–water partition coefficient (Wildman–Crippen LogP) is 4.92. The van der Waals surface area contributed by atoms with Crippen molar-refractivity contribution in [2.45, 2.75) is 32.6 Å². The van der Waals surface area contributed by atoms with Crippen LogP contribution in [0.3, 0.4) is 0 Å². The summed E-state index contributed by atoms with van der Waals surface area (Å²) in [6.07, 6.45) is 5.02. The van der Waals surface area contributed by atoms with Crippen molar-refractivity contribution in [3.05, 3.63) is 64.8 Å². The minimum atomic E-state index is -0.137. The number of hydrogen-bond acceptors (Lipinski definition) is 2. The number of rotatable bonds is 8. The first-order chi connectivity index (χ1) is 13.6. The van der Waals surface area contributed by atoms with Crippen LogP contribution in [0.25, 0.3) is 10.9 Å². The van der Waals surface area contributed by atoms with Gasteiger partial charge in [0.1, 0.15) is 0 Å². The lowest BCUT2D eigenvalue weighted by Crippen LogP contribution is -2.25. The molecule has 0 spiro atoms. The van der Waals surface area contributed by atoms with Crippen LogP contribution in [0.5, 0.6) is 0 Å². The lowest BCUT2D eigenvalue weighted by Gasteiger charge is -2.07. The second-order valence-electron chi connectivity index (χ2n) is 6.74. The van der Waals surface area contributed by atoms with Gasteiger partial charge < -0.3 is 15.6 Å². The highest BCUT2D eigenvalue weighted by Gasteiger charge is 2.08. The zero-order chi connectivity index (χ0) is 19.9. The Hall–Kier alpha value is -2.79. The average molecular weight is 398 g/mol. The van der Waals surface area contributed by atoms with E-state index in [1.807, 2.05) is 31.3 Å². The van der Waals surface area contributed by atoms with Crippen molar-refractivity contribution in [2.24, 2.45) is 0 Å². The summed E-state index contributed by atoms with van der Waals surface area (Å²) >= 11 is 6.07. The molecular weight excluding hydrogens is 374 g/mol. The van der Waals surface area contributed by atoms with Gasteiger partial charge in [-0.1, -0.05) is 24.9 Å². The van der Waals surface area contributed by atoms with Crippen LogP contribution < -0.4 is 10.6 Å². The van der Waals surface area contributed by atoms with E-state index in [2.05, 4.69) is 15.6 Å². The van der Waals surface area contributed by atoms with E-state index < -0.39 is 0 Å². The van der Waals surface area contributed by atoms with E-state index in [9.17, 15) is 9.59 Å². The molecule has 2 aromatic carbocycles. The summed E-state index contributed by atoms with van der Waals surface area (Å²) in [6, 6.07) is 12.7. The molecule has 0 radical (unpaired) electrons. The largest absolute Gasteiger partial charge is 0.361 e. The Morgan fingerprint density at radius 2 is 1.89 bits per heavy atom. The Balaban J connectivity index is 1.52. The van der Waals surface area contributed by atoms with E-state index in [1.165, 1.54) is 0 Å². The molecule has 0 aliphatic rings. The van der Waals surface area contributed by atoms with Crippen LogP contribution >= 0.6 is 11.6 Å². The monoisotopic (exact) mass is 397 g/mol. The third kappa shape index (κ3) is 5.14. The number of unbranched alkanes of at least 4 members (excludes halogenated alkanes) is 1. The molecule has 0 saturated carbocycles. The van der Waals surface area contributed by atoms with Gasteiger partial charge in [0.05, 0.1) is 0 Å². The number of benzene rings is 2. The molecule has 1 aromatic heterocycles. The fourth-order valence-electron chi connectivity index (χ4n) is 3.04. The van der Waals surface area contributed by atoms with Crippen molar-refractivity contribution in [3.63, 3.8) is 0 Å². The number of nitrogens with one attached hydrogen (secondary N) is 3. The van der Waals surface area contributed by atoms with Gasteiger partial charge in [0.2, 0.25) is 5.91 Å². The van der Waals surface area contributed by atoms with E-state index in [-0.39, 0.29) is 11.8 Å². The zero-order valence-corrected chi connectivity index (χ0v) is 16.6. The number of amides is 2. The van der Waals surface area contributed by atoms with Gasteiger partial charge in [-0.2, -0.15) is 0 Å². The van der Waals surface area contributed by atoms with Crippen LogP contribution in [0.1, 0.15) is 42.1 Å². The molecule has 0 unspecified atom stereocenters. The van der Waals surface area contributed by atoms with E-state index >= 15 is 0 Å². The number of H-pyrrole nitrogens is 1. The fraction of sp³-hybridized carbons (Fsp3) is 0.273. The first-order valence-electron chi connectivity index (χ1n) is 9.50. The van der Waals surface area contributed by atoms with Crippen molar-refractivity contribution in [3.8, 4) is 0 Å². The van der Waals surface area contributed by atoms with Crippen LogP contribution in [0.15, 0.2) is 48.7 Å². The maximum absolute atomic E-state index is 12.3. The maximum Gasteiger partial charge on any atom is 0.251 e. The van der Waals surface area contributed by atoms with Crippen molar-refractivity contribution >= 4 is 40.0 Å². The topological polar surface area (TPSA) is 74.0 Å². The standard InChI is InChI=1S/C22H24ClN3O2/c1-2-3-4-21(27)26-18-8-5-15(6-9-18)22(28)24-12-11-16-14-25-20-10-7-17(23)13-19(16)20/h5-10,13-14,25H,2-4,11-12H2,1H3,(H,24,28)(H,26,27). The fourth-order valence-corrected chi connectivity index (χ4v) is 3.21. The Labute approximate surface area is 169 Å². The van der Waals surface area contributed by atoms with Crippen LogP contribution in [0.4, 0.5) is 5.69 Å². The van der Waals surface area contributed by atoms with Crippen molar-refractivity contribution in [2.75, 3.05) is 11.9 Å². The summed E-state index contributed by atoms with van der Waals surface area (Å²) < 4.78 is 0. The molecule has 3 aromatic rings. The van der Waals surface area contributed by atoms with Crippen molar-refractivity contribution in [1.82, 2.24) is 10.3 Å². The molecule has 0 saturated heterocycles. The number of hydrogen-bond donors (Lipinski definition) is 3. The molecule has 1 heterocycles. The molecule has 146 valence electrons. The molecule has 0 fully saturated rings. The Morgan fingerprint density at radius 3 is 2.64 bits per heavy atom. The number of aromatic nitrogens is 1. The number of aromatic amines is 1. The van der Waals surface area contributed by atoms with Gasteiger partial charge in [-0.15, -0.1) is 0 Å². The third-order valence-electron chi connectivity index (χ3n) is 4.60. The molecule has 2 amide bonds. The highest BCUT2D eigenvalue weighted by molar-refractivity contribution is 6.31. The normalized spacial score (nSPS) is 10.8. The van der Waals surface area contributed by atoms with Crippen LogP contribution in [-0.4, -0.2) is 23.3 Å². The Morgan fingerprint density at radius 1 is 1.11 bits per heavy atom. The quantitative estimate of drug-likeness (QED) is 0.504. The molecule has 0 bridgehead atoms. The van der Waals surface area contributed by atoms with Gasteiger partial charge in [-0.3, -0.25) is 9.59 Å². The minimum absolute atomic E-state index is 0.00196. The van der Waals surface area contributed by atoms with Crippen molar-refractivity contribution in [1.29, 1.82) is 0 Å². The molecule has 3 rings (SSSR count). The average Bonchev–Trinajstić information content (AvgIpc) is 3.09. The minimum Gasteiger partial charge on any atom is -0.361 e. The van der Waals surface area contributed by atoms with Crippen molar-refractivity contribution < 1.29 is 9.59 Å². The smallest absolute Gasteiger partial charge is 0.251 e. The first-order valence-corrected chi connectivity index (χ1v) is 9.88. The molecule has 0 aliphatic carbocycles. The molecular formula is C22H24ClN3O2. The van der Waals surface area contributed by atoms with E-state index in [1.54, 1.807) is 24.3 Å². The lowest BCUT2D eigenvalue weighted by atomic mass is 10.1. The van der Waals surface area contributed by atoms with E-state index in [4.69, 9.17) is 11.6 Å². The van der Waals surface area contributed by atoms with Crippen LogP contribution in [0, 0.1) is 0 Å². The summed E-state index contributed by atoms with van der Waals surface area (Å²) in [6.45, 7) is 2.57. The summed E-state index contributed by atoms with van der Waals surface area (Å²) in [4.78, 5) is 27.3. The zero-order valence-electron chi connectivity index (χ0n) is 15.8. The Kier molecular flexibility index (Phi) is 6.71. The highest BCUT2D eigenvalue weighted by atomic mass is 35.5. The second kappa shape index (κ2) is 9.42. The van der Waals surface area contributed by atoms with Gasteiger partial charge in [-0.25, -0.2) is 0 Å². The van der Waals surface area contributed by atoms with E-state index in [0.29, 0.717) is 35.7 Å². The molecule has 0 atom stereocenters. The molecule has 0 aliphatic heterocycles. The van der Waals surface area contributed by atoms with E-state index in [0.717, 1.165) is 29.3 Å². The SMILES string of the molecule is CCCCC(=O)Nc1ccc(C(=O)NCCc2c[nH]c3ccc(Cl)cc23)cc1. The highest BCUT2D eigenvalue weighted by Crippen LogP contribution is 2.22. The molecule has 6 heteroatoms. The number of fused-ring (bicyclic) bond motifs is 1. The molecule has 5 nitrogen and oxygen atoms in total. The van der Waals surface area contributed by atoms with Gasteiger partial charge >= 0.3 is 0 Å². The van der Waals surface area contributed by atoms with Crippen LogP contribution in [-0.2, 0) is 11.2 Å². The third-order valence-corrected chi connectivity index (χ3v) is 4.83. The van der Waals surface area contributed by atoms with Gasteiger partial charge in [0.15, 0.2) is 0 Å². The predicted molar refractivity (Wildman–Crippen MR) is 114 cm³/mol. The number of halogens is 1. The maximum atomic E-state index is 12.3. The molecule has 28 heavy (non-hydrogen) atoms. The second-order valence-corrected chi connectivity index (χ2v) is 7.18. The lowest BCUT2D eigenvalue weighted by molar-refractivity contribution is -0.116. The number of carbonyl (C=O) groups excluding carboxylic acids is 2. The van der Waals surface area contributed by atoms with Gasteiger partial charge in [0.25, 0.3) is 5.91 Å². The molecule has 3 N–H and O–H groups in total. The van der Waals surface area contributed by atoms with Gasteiger partial charge in [-0.05, 0) is 60.9 Å².